The highest BCUT2D eigenvalue weighted by atomic mass is 15.1. The minimum absolute atomic E-state index is 0.232. The minimum Gasteiger partial charge on any atom is -0.370 e. The largest absolute Gasteiger partial charge is 0.370 e. The standard InChI is InChI=1S/C11H23N3/c1-8(2)11(3,4)7-13-10(12)14-9-5-6-9/h8-9H,5-7H2,1-4H3,(H3,12,13,14). The van der Waals surface area contributed by atoms with E-state index in [1.54, 1.807) is 0 Å². The Hall–Kier alpha value is -0.730. The number of guanidine groups is 1. The van der Waals surface area contributed by atoms with Crippen molar-refractivity contribution in [3.05, 3.63) is 0 Å². The number of nitrogens with one attached hydrogen (secondary N) is 1. The van der Waals surface area contributed by atoms with Gasteiger partial charge >= 0.3 is 0 Å². The van der Waals surface area contributed by atoms with Crippen LogP contribution < -0.4 is 11.1 Å². The van der Waals surface area contributed by atoms with Gasteiger partial charge in [0.25, 0.3) is 0 Å². The molecule has 3 nitrogen and oxygen atoms in total. The maximum absolute atomic E-state index is 5.76. The van der Waals surface area contributed by atoms with Gasteiger partial charge < -0.3 is 11.1 Å². The Labute approximate surface area is 87.2 Å². The van der Waals surface area contributed by atoms with Gasteiger partial charge in [0, 0.05) is 12.6 Å². The number of hydrogen-bond acceptors (Lipinski definition) is 1. The molecular formula is C11H23N3. The summed E-state index contributed by atoms with van der Waals surface area (Å²) in [5.41, 5.74) is 5.99. The molecule has 1 saturated carbocycles. The van der Waals surface area contributed by atoms with Crippen LogP contribution in [0.3, 0.4) is 0 Å². The van der Waals surface area contributed by atoms with E-state index in [9.17, 15) is 0 Å². The molecule has 0 aliphatic heterocycles. The van der Waals surface area contributed by atoms with Crippen LogP contribution >= 0.6 is 0 Å². The molecule has 3 N–H and O–H groups in total. The molecule has 14 heavy (non-hydrogen) atoms. The highest BCUT2D eigenvalue weighted by molar-refractivity contribution is 5.78. The molecule has 0 amide bonds. The summed E-state index contributed by atoms with van der Waals surface area (Å²) < 4.78 is 0. The predicted molar refractivity (Wildman–Crippen MR) is 61.3 cm³/mol. The van der Waals surface area contributed by atoms with Crippen molar-refractivity contribution in [1.29, 1.82) is 0 Å². The number of rotatable bonds is 4. The minimum atomic E-state index is 0.232. The smallest absolute Gasteiger partial charge is 0.188 e. The molecule has 0 bridgehead atoms. The van der Waals surface area contributed by atoms with Gasteiger partial charge in [0.2, 0.25) is 0 Å². The Morgan fingerprint density at radius 1 is 1.50 bits per heavy atom. The van der Waals surface area contributed by atoms with Gasteiger partial charge in [-0.2, -0.15) is 0 Å². The lowest BCUT2D eigenvalue weighted by Gasteiger charge is -2.27. The third-order valence-electron chi connectivity index (χ3n) is 3.15. The molecule has 0 saturated heterocycles. The SMILES string of the molecule is CC(C)C(C)(C)CN=C(N)NC1CC1. The second-order valence-corrected chi connectivity index (χ2v) is 5.26. The Morgan fingerprint density at radius 2 is 2.07 bits per heavy atom. The van der Waals surface area contributed by atoms with Crippen LogP contribution in [0.5, 0.6) is 0 Å². The average molecular weight is 197 g/mol. The van der Waals surface area contributed by atoms with Crippen LogP contribution in [0.2, 0.25) is 0 Å². The molecule has 0 radical (unpaired) electrons. The van der Waals surface area contributed by atoms with Gasteiger partial charge in [-0.15, -0.1) is 0 Å². The molecule has 0 aromatic carbocycles. The quantitative estimate of drug-likeness (QED) is 0.533. The maximum atomic E-state index is 5.76. The summed E-state index contributed by atoms with van der Waals surface area (Å²) in [5, 5.41) is 3.19. The lowest BCUT2D eigenvalue weighted by atomic mass is 9.81. The summed E-state index contributed by atoms with van der Waals surface area (Å²) in [4.78, 5) is 4.38. The van der Waals surface area contributed by atoms with Crippen molar-refractivity contribution in [2.24, 2.45) is 22.1 Å². The van der Waals surface area contributed by atoms with Crippen LogP contribution in [0.15, 0.2) is 4.99 Å². The van der Waals surface area contributed by atoms with Crippen LogP contribution in [-0.2, 0) is 0 Å². The van der Waals surface area contributed by atoms with Crippen LogP contribution in [0.25, 0.3) is 0 Å². The molecule has 1 rings (SSSR count). The van der Waals surface area contributed by atoms with E-state index in [1.807, 2.05) is 0 Å². The molecule has 3 heteroatoms. The van der Waals surface area contributed by atoms with E-state index in [0.717, 1.165) is 6.54 Å². The van der Waals surface area contributed by atoms with Gasteiger partial charge in [0.05, 0.1) is 0 Å². The van der Waals surface area contributed by atoms with E-state index in [0.29, 0.717) is 17.9 Å². The van der Waals surface area contributed by atoms with Gasteiger partial charge in [0.15, 0.2) is 5.96 Å². The zero-order chi connectivity index (χ0) is 10.8. The maximum Gasteiger partial charge on any atom is 0.188 e. The van der Waals surface area contributed by atoms with Gasteiger partial charge in [-0.25, -0.2) is 0 Å². The van der Waals surface area contributed by atoms with Crippen molar-refractivity contribution in [2.45, 2.75) is 46.6 Å². The number of hydrogen-bond donors (Lipinski definition) is 2. The lowest BCUT2D eigenvalue weighted by Crippen LogP contribution is -2.35. The van der Waals surface area contributed by atoms with Gasteiger partial charge in [-0.3, -0.25) is 4.99 Å². The number of nitrogens with two attached hydrogens (primary N) is 1. The summed E-state index contributed by atoms with van der Waals surface area (Å²) in [6.45, 7) is 9.70. The molecule has 0 aromatic heterocycles. The summed E-state index contributed by atoms with van der Waals surface area (Å²) in [5.74, 6) is 1.24. The molecule has 82 valence electrons. The zero-order valence-electron chi connectivity index (χ0n) is 9.80. The van der Waals surface area contributed by atoms with Crippen molar-refractivity contribution in [3.8, 4) is 0 Å². The number of nitrogens with zero attached hydrogens (tertiary/aromatic N) is 1. The summed E-state index contributed by atoms with van der Waals surface area (Å²) >= 11 is 0. The summed E-state index contributed by atoms with van der Waals surface area (Å²) in [6, 6.07) is 0.598. The van der Waals surface area contributed by atoms with Crippen molar-refractivity contribution in [3.63, 3.8) is 0 Å². The van der Waals surface area contributed by atoms with E-state index < -0.39 is 0 Å². The zero-order valence-corrected chi connectivity index (χ0v) is 9.80. The van der Waals surface area contributed by atoms with Crippen LogP contribution in [-0.4, -0.2) is 18.5 Å². The molecule has 0 aromatic rings. The first-order valence-corrected chi connectivity index (χ1v) is 5.48. The third-order valence-corrected chi connectivity index (χ3v) is 3.15. The van der Waals surface area contributed by atoms with Crippen molar-refractivity contribution < 1.29 is 0 Å². The Kier molecular flexibility index (Phi) is 3.40. The third kappa shape index (κ3) is 3.56. The Morgan fingerprint density at radius 3 is 2.50 bits per heavy atom. The van der Waals surface area contributed by atoms with Gasteiger partial charge in [-0.05, 0) is 24.2 Å². The van der Waals surface area contributed by atoms with Crippen LogP contribution in [0.1, 0.15) is 40.5 Å². The second kappa shape index (κ2) is 4.20. The molecular weight excluding hydrogens is 174 g/mol. The number of aliphatic imine (C=N–C) groups is 1. The molecule has 1 fully saturated rings. The Bertz CT molecular complexity index is 215. The molecule has 1 aliphatic rings. The first-order chi connectivity index (χ1) is 6.42. The van der Waals surface area contributed by atoms with Crippen molar-refractivity contribution in [1.82, 2.24) is 5.32 Å². The van der Waals surface area contributed by atoms with E-state index in [2.05, 4.69) is 38.0 Å². The van der Waals surface area contributed by atoms with Gasteiger partial charge in [-0.1, -0.05) is 27.7 Å². The highest BCUT2D eigenvalue weighted by Gasteiger charge is 2.23. The van der Waals surface area contributed by atoms with Crippen molar-refractivity contribution >= 4 is 5.96 Å². The van der Waals surface area contributed by atoms with E-state index >= 15 is 0 Å². The lowest BCUT2D eigenvalue weighted by molar-refractivity contribution is 0.262. The fraction of sp³-hybridized carbons (Fsp3) is 0.909. The summed E-state index contributed by atoms with van der Waals surface area (Å²) in [6.07, 6.45) is 2.48. The fourth-order valence-electron chi connectivity index (χ4n) is 0.954. The monoisotopic (exact) mass is 197 g/mol. The van der Waals surface area contributed by atoms with E-state index in [-0.39, 0.29) is 5.41 Å². The first kappa shape index (κ1) is 11.3. The van der Waals surface area contributed by atoms with Crippen LogP contribution in [0.4, 0.5) is 0 Å². The first-order valence-electron chi connectivity index (χ1n) is 5.48. The normalized spacial score (nSPS) is 18.8. The average Bonchev–Trinajstić information content (AvgIpc) is 2.85. The molecule has 0 atom stereocenters. The fourth-order valence-corrected chi connectivity index (χ4v) is 0.954. The van der Waals surface area contributed by atoms with E-state index in [4.69, 9.17) is 5.73 Å². The van der Waals surface area contributed by atoms with Crippen molar-refractivity contribution in [2.75, 3.05) is 6.54 Å². The molecule has 0 spiro atoms. The summed E-state index contributed by atoms with van der Waals surface area (Å²) in [7, 11) is 0. The Balaban J connectivity index is 2.35. The van der Waals surface area contributed by atoms with E-state index in [1.165, 1.54) is 12.8 Å². The van der Waals surface area contributed by atoms with Crippen LogP contribution in [0, 0.1) is 11.3 Å². The molecule has 0 unspecified atom stereocenters. The molecule has 1 aliphatic carbocycles. The predicted octanol–water partition coefficient (Wildman–Crippen LogP) is 1.74. The highest BCUT2D eigenvalue weighted by Crippen LogP contribution is 2.26. The topological polar surface area (TPSA) is 50.4 Å². The second-order valence-electron chi connectivity index (χ2n) is 5.26. The van der Waals surface area contributed by atoms with Gasteiger partial charge in [0.1, 0.15) is 0 Å². The molecule has 0 heterocycles.